The van der Waals surface area contributed by atoms with Crippen LogP contribution in [0.15, 0.2) is 35.2 Å². The molecule has 13 heavy (non-hydrogen) atoms. The van der Waals surface area contributed by atoms with E-state index in [2.05, 4.69) is 12.0 Å². The summed E-state index contributed by atoms with van der Waals surface area (Å²) in [7, 11) is 0. The molecule has 0 aliphatic carbocycles. The molecule has 3 N–H and O–H groups in total. The SMILES string of the molecule is C=C(C)CCC(NN)c1ccoc1. The molecule has 1 rings (SSSR count). The highest BCUT2D eigenvalue weighted by Crippen LogP contribution is 2.19. The number of hydrogen-bond donors (Lipinski definition) is 2. The fraction of sp³-hybridized carbons (Fsp3) is 0.400. The van der Waals surface area contributed by atoms with E-state index in [9.17, 15) is 0 Å². The Labute approximate surface area is 78.6 Å². The van der Waals surface area contributed by atoms with Crippen molar-refractivity contribution in [1.29, 1.82) is 0 Å². The van der Waals surface area contributed by atoms with Gasteiger partial charge in [-0.3, -0.25) is 11.3 Å². The summed E-state index contributed by atoms with van der Waals surface area (Å²) in [6, 6.07) is 2.08. The second-order valence-electron chi connectivity index (χ2n) is 3.27. The first-order chi connectivity index (χ1) is 6.24. The van der Waals surface area contributed by atoms with Gasteiger partial charge in [-0.1, -0.05) is 5.57 Å². The lowest BCUT2D eigenvalue weighted by molar-refractivity contribution is 0.501. The minimum Gasteiger partial charge on any atom is -0.472 e. The van der Waals surface area contributed by atoms with E-state index in [1.54, 1.807) is 12.5 Å². The van der Waals surface area contributed by atoms with Gasteiger partial charge in [0, 0.05) is 11.6 Å². The van der Waals surface area contributed by atoms with Crippen LogP contribution in [0.1, 0.15) is 31.4 Å². The standard InChI is InChI=1S/C10H16N2O/c1-8(2)3-4-10(12-11)9-5-6-13-7-9/h5-7,10,12H,1,3-4,11H2,2H3. The summed E-state index contributed by atoms with van der Waals surface area (Å²) in [6.07, 6.45) is 5.29. The van der Waals surface area contributed by atoms with Crippen molar-refractivity contribution in [3.05, 3.63) is 36.3 Å². The van der Waals surface area contributed by atoms with Gasteiger partial charge in [0.05, 0.1) is 12.5 Å². The molecule has 0 spiro atoms. The molecule has 0 saturated carbocycles. The van der Waals surface area contributed by atoms with E-state index in [0.717, 1.165) is 18.4 Å². The van der Waals surface area contributed by atoms with Crippen molar-refractivity contribution in [3.63, 3.8) is 0 Å². The molecule has 0 amide bonds. The number of nitrogens with two attached hydrogens (primary N) is 1. The Balaban J connectivity index is 2.49. The predicted octanol–water partition coefficient (Wildman–Crippen LogP) is 2.14. The first-order valence-electron chi connectivity index (χ1n) is 4.36. The zero-order valence-electron chi connectivity index (χ0n) is 7.92. The molecule has 0 aliphatic heterocycles. The zero-order chi connectivity index (χ0) is 9.68. The Morgan fingerprint density at radius 1 is 1.77 bits per heavy atom. The summed E-state index contributed by atoms with van der Waals surface area (Å²) in [4.78, 5) is 0. The van der Waals surface area contributed by atoms with Crippen molar-refractivity contribution < 1.29 is 4.42 Å². The lowest BCUT2D eigenvalue weighted by Gasteiger charge is -2.13. The van der Waals surface area contributed by atoms with Gasteiger partial charge in [-0.25, -0.2) is 0 Å². The number of rotatable bonds is 5. The molecule has 1 heterocycles. The molecule has 1 atom stereocenters. The minimum atomic E-state index is 0.162. The van der Waals surface area contributed by atoms with Crippen LogP contribution in [0.4, 0.5) is 0 Å². The van der Waals surface area contributed by atoms with Crippen molar-refractivity contribution in [3.8, 4) is 0 Å². The van der Waals surface area contributed by atoms with Crippen LogP contribution >= 0.6 is 0 Å². The average Bonchev–Trinajstić information content (AvgIpc) is 2.58. The third-order valence-electron chi connectivity index (χ3n) is 2.01. The normalized spacial score (nSPS) is 12.8. The van der Waals surface area contributed by atoms with Gasteiger partial charge in [0.15, 0.2) is 0 Å². The summed E-state index contributed by atoms with van der Waals surface area (Å²) in [6.45, 7) is 5.87. The summed E-state index contributed by atoms with van der Waals surface area (Å²) < 4.78 is 4.99. The van der Waals surface area contributed by atoms with E-state index in [0.29, 0.717) is 0 Å². The Bertz CT molecular complexity index is 254. The third-order valence-corrected chi connectivity index (χ3v) is 2.01. The van der Waals surface area contributed by atoms with Gasteiger partial charge in [0.2, 0.25) is 0 Å². The maximum absolute atomic E-state index is 5.43. The predicted molar refractivity (Wildman–Crippen MR) is 52.8 cm³/mol. The summed E-state index contributed by atoms with van der Waals surface area (Å²) >= 11 is 0. The van der Waals surface area contributed by atoms with Crippen LogP contribution in [0, 0.1) is 0 Å². The van der Waals surface area contributed by atoms with Crippen LogP contribution in [0.25, 0.3) is 0 Å². The molecule has 1 aromatic rings. The summed E-state index contributed by atoms with van der Waals surface area (Å²) in [5.74, 6) is 5.43. The summed E-state index contributed by atoms with van der Waals surface area (Å²) in [5, 5.41) is 0. The quantitative estimate of drug-likeness (QED) is 0.414. The van der Waals surface area contributed by atoms with Crippen LogP contribution in [-0.4, -0.2) is 0 Å². The van der Waals surface area contributed by atoms with E-state index in [1.807, 2.05) is 13.0 Å². The minimum absolute atomic E-state index is 0.162. The first-order valence-corrected chi connectivity index (χ1v) is 4.36. The van der Waals surface area contributed by atoms with Crippen molar-refractivity contribution in [2.45, 2.75) is 25.8 Å². The fourth-order valence-corrected chi connectivity index (χ4v) is 1.21. The van der Waals surface area contributed by atoms with E-state index >= 15 is 0 Å². The van der Waals surface area contributed by atoms with Gasteiger partial charge in [-0.05, 0) is 25.8 Å². The Kier molecular flexibility index (Phi) is 3.73. The van der Waals surface area contributed by atoms with Gasteiger partial charge >= 0.3 is 0 Å². The van der Waals surface area contributed by atoms with E-state index in [4.69, 9.17) is 10.3 Å². The van der Waals surface area contributed by atoms with Crippen LogP contribution in [0.3, 0.4) is 0 Å². The fourth-order valence-electron chi connectivity index (χ4n) is 1.21. The highest BCUT2D eigenvalue weighted by molar-refractivity contribution is 5.11. The second kappa shape index (κ2) is 4.84. The largest absolute Gasteiger partial charge is 0.472 e. The van der Waals surface area contributed by atoms with Crippen molar-refractivity contribution in [1.82, 2.24) is 5.43 Å². The molecular weight excluding hydrogens is 164 g/mol. The van der Waals surface area contributed by atoms with Crippen LogP contribution in [-0.2, 0) is 0 Å². The molecule has 0 bridgehead atoms. The van der Waals surface area contributed by atoms with Crippen LogP contribution in [0.5, 0.6) is 0 Å². The molecule has 0 radical (unpaired) electrons. The summed E-state index contributed by atoms with van der Waals surface area (Å²) in [5.41, 5.74) is 5.02. The van der Waals surface area contributed by atoms with Crippen molar-refractivity contribution >= 4 is 0 Å². The number of hydrazine groups is 1. The molecule has 1 aromatic heterocycles. The number of hydrogen-bond acceptors (Lipinski definition) is 3. The molecule has 0 aromatic carbocycles. The monoisotopic (exact) mass is 180 g/mol. The Morgan fingerprint density at radius 3 is 3.00 bits per heavy atom. The van der Waals surface area contributed by atoms with Gasteiger partial charge in [0.25, 0.3) is 0 Å². The number of furan rings is 1. The first kappa shape index (κ1) is 10.0. The maximum Gasteiger partial charge on any atom is 0.0950 e. The Morgan fingerprint density at radius 2 is 2.54 bits per heavy atom. The molecular formula is C10H16N2O. The number of allylic oxidation sites excluding steroid dienone is 1. The molecule has 0 aliphatic rings. The smallest absolute Gasteiger partial charge is 0.0950 e. The van der Waals surface area contributed by atoms with E-state index < -0.39 is 0 Å². The zero-order valence-corrected chi connectivity index (χ0v) is 7.92. The lowest BCUT2D eigenvalue weighted by atomic mass is 10.0. The maximum atomic E-state index is 5.43. The lowest BCUT2D eigenvalue weighted by Crippen LogP contribution is -2.27. The third kappa shape index (κ3) is 3.05. The topological polar surface area (TPSA) is 51.2 Å². The second-order valence-corrected chi connectivity index (χ2v) is 3.27. The average molecular weight is 180 g/mol. The molecule has 0 saturated heterocycles. The number of nitrogens with one attached hydrogen (secondary N) is 1. The Hall–Kier alpha value is -1.06. The molecule has 1 unspecified atom stereocenters. The van der Waals surface area contributed by atoms with Gasteiger partial charge in [-0.15, -0.1) is 6.58 Å². The molecule has 3 nitrogen and oxygen atoms in total. The van der Waals surface area contributed by atoms with E-state index in [-0.39, 0.29) is 6.04 Å². The van der Waals surface area contributed by atoms with Crippen LogP contribution in [0.2, 0.25) is 0 Å². The van der Waals surface area contributed by atoms with Crippen molar-refractivity contribution in [2.24, 2.45) is 5.84 Å². The van der Waals surface area contributed by atoms with Crippen LogP contribution < -0.4 is 11.3 Å². The van der Waals surface area contributed by atoms with Gasteiger partial charge in [-0.2, -0.15) is 0 Å². The highest BCUT2D eigenvalue weighted by Gasteiger charge is 2.09. The van der Waals surface area contributed by atoms with Gasteiger partial charge < -0.3 is 4.42 Å². The molecule has 72 valence electrons. The van der Waals surface area contributed by atoms with E-state index in [1.165, 1.54) is 5.57 Å². The molecule has 3 heteroatoms. The van der Waals surface area contributed by atoms with Gasteiger partial charge in [0.1, 0.15) is 0 Å². The molecule has 0 fully saturated rings. The highest BCUT2D eigenvalue weighted by atomic mass is 16.3. The van der Waals surface area contributed by atoms with Crippen molar-refractivity contribution in [2.75, 3.05) is 0 Å².